The normalized spacial score (nSPS) is 11.0. The molecule has 2 aromatic rings. The Labute approximate surface area is 125 Å². The highest BCUT2D eigenvalue weighted by Gasteiger charge is 2.25. The molecular weight excluding hydrogens is 313 g/mol. The minimum atomic E-state index is -4.41. The molecule has 0 atom stereocenters. The molecule has 1 heterocycles. The first-order chi connectivity index (χ1) is 10.4. The number of aryl methyl sites for hydroxylation is 1. The third-order valence-electron chi connectivity index (χ3n) is 2.69. The third-order valence-corrected chi connectivity index (χ3v) is 4.06. The Morgan fingerprint density at radius 3 is 2.82 bits per heavy atom. The van der Waals surface area contributed by atoms with Crippen LogP contribution in [0, 0.1) is 17.1 Å². The number of sulfonamides is 1. The Morgan fingerprint density at radius 1 is 1.50 bits per heavy atom. The molecule has 1 N–H and O–H groups in total. The smallest absolute Gasteiger partial charge is 0.286 e. The molecule has 9 heteroatoms. The van der Waals surface area contributed by atoms with Crippen molar-refractivity contribution in [2.75, 3.05) is 0 Å². The standard InChI is InChI=1S/C13H10FN3O4S/c1-2-12-16-10(7-21-12)13(18)17-22(19,20)11-5-3-4-9(14)8(11)6-15/h3-5,7H,2H2,1H3,(H,17,18). The Bertz CT molecular complexity index is 868. The second-order valence-corrected chi connectivity index (χ2v) is 5.79. The number of rotatable bonds is 4. The van der Waals surface area contributed by atoms with Crippen LogP contribution in [0.3, 0.4) is 0 Å². The van der Waals surface area contributed by atoms with E-state index < -0.39 is 32.2 Å². The second-order valence-electron chi connectivity index (χ2n) is 4.14. The number of carbonyl (C=O) groups is 1. The first kappa shape index (κ1) is 15.7. The van der Waals surface area contributed by atoms with Crippen molar-refractivity contribution in [3.8, 4) is 6.07 Å². The second kappa shape index (κ2) is 5.95. The monoisotopic (exact) mass is 323 g/mol. The van der Waals surface area contributed by atoms with Gasteiger partial charge >= 0.3 is 0 Å². The van der Waals surface area contributed by atoms with Gasteiger partial charge in [-0.05, 0) is 12.1 Å². The van der Waals surface area contributed by atoms with Crippen molar-refractivity contribution in [2.24, 2.45) is 0 Å². The summed E-state index contributed by atoms with van der Waals surface area (Å²) in [6.07, 6.45) is 1.45. The molecule has 0 radical (unpaired) electrons. The third kappa shape index (κ3) is 2.96. The average Bonchev–Trinajstić information content (AvgIpc) is 2.95. The van der Waals surface area contributed by atoms with Crippen LogP contribution in [0.15, 0.2) is 33.8 Å². The van der Waals surface area contributed by atoms with E-state index in [-0.39, 0.29) is 11.6 Å². The predicted molar refractivity (Wildman–Crippen MR) is 71.6 cm³/mol. The van der Waals surface area contributed by atoms with Crippen LogP contribution in [-0.2, 0) is 16.4 Å². The number of carbonyl (C=O) groups excluding carboxylic acids is 1. The lowest BCUT2D eigenvalue weighted by atomic mass is 10.2. The zero-order chi connectivity index (χ0) is 16.3. The van der Waals surface area contributed by atoms with E-state index in [0.29, 0.717) is 6.42 Å². The summed E-state index contributed by atoms with van der Waals surface area (Å²) >= 11 is 0. The molecule has 0 aliphatic heterocycles. The lowest BCUT2D eigenvalue weighted by Gasteiger charge is -2.07. The van der Waals surface area contributed by atoms with Crippen LogP contribution in [-0.4, -0.2) is 19.3 Å². The van der Waals surface area contributed by atoms with Gasteiger partial charge < -0.3 is 4.42 Å². The quantitative estimate of drug-likeness (QED) is 0.909. The maximum Gasteiger partial charge on any atom is 0.286 e. The van der Waals surface area contributed by atoms with Gasteiger partial charge in [-0.25, -0.2) is 22.5 Å². The summed E-state index contributed by atoms with van der Waals surface area (Å²) in [6.45, 7) is 1.75. The summed E-state index contributed by atoms with van der Waals surface area (Å²) in [5, 5.41) is 8.85. The van der Waals surface area contributed by atoms with Crippen LogP contribution in [0.5, 0.6) is 0 Å². The summed E-state index contributed by atoms with van der Waals surface area (Å²) in [6, 6.07) is 4.56. The molecule has 0 aliphatic carbocycles. The van der Waals surface area contributed by atoms with Crippen molar-refractivity contribution < 1.29 is 22.0 Å². The lowest BCUT2D eigenvalue weighted by Crippen LogP contribution is -2.31. The molecule has 0 spiro atoms. The van der Waals surface area contributed by atoms with Gasteiger partial charge in [0.05, 0.1) is 0 Å². The summed E-state index contributed by atoms with van der Waals surface area (Å²) < 4.78 is 44.4. The Hall–Kier alpha value is -2.73. The molecule has 2 rings (SSSR count). The minimum Gasteiger partial charge on any atom is -0.448 e. The predicted octanol–water partition coefficient (Wildman–Crippen LogP) is 1.37. The molecule has 114 valence electrons. The molecule has 7 nitrogen and oxygen atoms in total. The van der Waals surface area contributed by atoms with Crippen molar-refractivity contribution in [3.05, 3.63) is 47.4 Å². The summed E-state index contributed by atoms with van der Waals surface area (Å²) in [5.41, 5.74) is -0.896. The van der Waals surface area contributed by atoms with E-state index >= 15 is 0 Å². The van der Waals surface area contributed by atoms with Crippen molar-refractivity contribution in [1.82, 2.24) is 9.71 Å². The van der Waals surface area contributed by atoms with E-state index in [1.807, 2.05) is 0 Å². The van der Waals surface area contributed by atoms with E-state index in [1.54, 1.807) is 11.6 Å². The molecule has 0 bridgehead atoms. The van der Waals surface area contributed by atoms with E-state index in [2.05, 4.69) is 4.98 Å². The number of amides is 1. The summed E-state index contributed by atoms with van der Waals surface area (Å²) in [4.78, 5) is 15.0. The molecule has 0 unspecified atom stereocenters. The number of nitriles is 1. The Balaban J connectivity index is 2.34. The van der Waals surface area contributed by atoms with Crippen LogP contribution in [0.25, 0.3) is 0 Å². The lowest BCUT2D eigenvalue weighted by molar-refractivity contribution is 0.0976. The molecule has 0 saturated heterocycles. The number of nitrogens with zero attached hydrogens (tertiary/aromatic N) is 2. The number of aromatic nitrogens is 1. The molecule has 22 heavy (non-hydrogen) atoms. The number of hydrogen-bond donors (Lipinski definition) is 1. The van der Waals surface area contributed by atoms with Gasteiger partial charge in [-0.15, -0.1) is 0 Å². The zero-order valence-electron chi connectivity index (χ0n) is 11.3. The Kier molecular flexibility index (Phi) is 4.23. The minimum absolute atomic E-state index is 0.227. The Morgan fingerprint density at radius 2 is 2.23 bits per heavy atom. The molecule has 1 amide bonds. The maximum atomic E-state index is 13.5. The molecule has 0 fully saturated rings. The summed E-state index contributed by atoms with van der Waals surface area (Å²) in [7, 11) is -4.41. The first-order valence-corrected chi connectivity index (χ1v) is 7.57. The zero-order valence-corrected chi connectivity index (χ0v) is 12.1. The molecular formula is C13H10FN3O4S. The topological polar surface area (TPSA) is 113 Å². The molecule has 0 saturated carbocycles. The van der Waals surface area contributed by atoms with E-state index in [9.17, 15) is 17.6 Å². The molecule has 1 aromatic carbocycles. The highest BCUT2D eigenvalue weighted by molar-refractivity contribution is 7.90. The van der Waals surface area contributed by atoms with E-state index in [4.69, 9.17) is 9.68 Å². The highest BCUT2D eigenvalue weighted by atomic mass is 32.2. The molecule has 1 aromatic heterocycles. The van der Waals surface area contributed by atoms with Gasteiger partial charge in [0.25, 0.3) is 15.9 Å². The van der Waals surface area contributed by atoms with E-state index in [0.717, 1.165) is 24.5 Å². The molecule has 0 aliphatic rings. The fraction of sp³-hybridized carbons (Fsp3) is 0.154. The van der Waals surface area contributed by atoms with Crippen LogP contribution < -0.4 is 4.72 Å². The maximum absolute atomic E-state index is 13.5. The van der Waals surface area contributed by atoms with Gasteiger partial charge in [0.2, 0.25) is 0 Å². The van der Waals surface area contributed by atoms with Crippen molar-refractivity contribution in [2.45, 2.75) is 18.2 Å². The number of benzene rings is 1. The fourth-order valence-electron chi connectivity index (χ4n) is 1.64. The largest absolute Gasteiger partial charge is 0.448 e. The van der Waals surface area contributed by atoms with Gasteiger partial charge in [0, 0.05) is 6.42 Å². The number of nitrogens with one attached hydrogen (secondary N) is 1. The van der Waals surface area contributed by atoms with Gasteiger partial charge in [-0.3, -0.25) is 4.79 Å². The van der Waals surface area contributed by atoms with Gasteiger partial charge in [0.1, 0.15) is 28.6 Å². The van der Waals surface area contributed by atoms with Crippen LogP contribution in [0.4, 0.5) is 4.39 Å². The van der Waals surface area contributed by atoms with Crippen LogP contribution >= 0.6 is 0 Å². The number of hydrogen-bond acceptors (Lipinski definition) is 6. The SMILES string of the molecule is CCc1nc(C(=O)NS(=O)(=O)c2cccc(F)c2C#N)co1. The first-order valence-electron chi connectivity index (χ1n) is 6.09. The van der Waals surface area contributed by atoms with Crippen LogP contribution in [0.1, 0.15) is 28.9 Å². The van der Waals surface area contributed by atoms with Gasteiger partial charge in [-0.1, -0.05) is 13.0 Å². The van der Waals surface area contributed by atoms with Crippen LogP contribution in [0.2, 0.25) is 0 Å². The van der Waals surface area contributed by atoms with Gasteiger partial charge in [0.15, 0.2) is 11.6 Å². The fourth-order valence-corrected chi connectivity index (χ4v) is 2.77. The van der Waals surface area contributed by atoms with E-state index in [1.165, 1.54) is 6.07 Å². The van der Waals surface area contributed by atoms with Crippen molar-refractivity contribution in [3.63, 3.8) is 0 Å². The number of oxazole rings is 1. The highest BCUT2D eigenvalue weighted by Crippen LogP contribution is 2.18. The van der Waals surface area contributed by atoms with Gasteiger partial charge in [-0.2, -0.15) is 5.26 Å². The average molecular weight is 323 g/mol. The van der Waals surface area contributed by atoms with Crippen molar-refractivity contribution >= 4 is 15.9 Å². The number of halogens is 1. The van der Waals surface area contributed by atoms with Crippen molar-refractivity contribution in [1.29, 1.82) is 5.26 Å². The summed E-state index contributed by atoms with van der Waals surface area (Å²) in [5.74, 6) is -1.75.